The smallest absolute Gasteiger partial charge is 0.143 e. The van der Waals surface area contributed by atoms with Gasteiger partial charge < -0.3 is 10.8 Å². The Morgan fingerprint density at radius 2 is 1.71 bits per heavy atom. The number of rotatable bonds is 7. The van der Waals surface area contributed by atoms with Gasteiger partial charge in [0.1, 0.15) is 33.6 Å². The molecule has 0 amide bonds. The van der Waals surface area contributed by atoms with Crippen LogP contribution < -0.4 is 5.73 Å². The number of nitriles is 2. The number of aromatic nitrogens is 2. The van der Waals surface area contributed by atoms with Crippen LogP contribution in [0.5, 0.6) is 0 Å². The predicted octanol–water partition coefficient (Wildman–Crippen LogP) is 6.85. The fourth-order valence-electron chi connectivity index (χ4n) is 4.80. The molecule has 0 unspecified atom stereocenters. The Labute approximate surface area is 234 Å². The third-order valence-corrected chi connectivity index (χ3v) is 8.98. The fraction of sp³-hybridized carbons (Fsp3) is 0.241. The molecule has 0 aliphatic heterocycles. The third-order valence-electron chi connectivity index (χ3n) is 6.77. The minimum Gasteiger partial charge on any atom is -0.393 e. The summed E-state index contributed by atoms with van der Waals surface area (Å²) in [5.74, 6) is 0.872. The van der Waals surface area contributed by atoms with Crippen LogP contribution in [0.3, 0.4) is 0 Å². The van der Waals surface area contributed by atoms with E-state index in [1.165, 1.54) is 23.1 Å². The Hall–Kier alpha value is -3.40. The number of halogens is 1. The molecule has 2 heterocycles. The molecule has 2 atom stereocenters. The van der Waals surface area contributed by atoms with Gasteiger partial charge in [0.25, 0.3) is 0 Å². The monoisotopic (exact) mass is 557 g/mol. The molecule has 190 valence electrons. The summed E-state index contributed by atoms with van der Waals surface area (Å²) in [4.78, 5) is 9.13. The summed E-state index contributed by atoms with van der Waals surface area (Å²) in [6, 6.07) is 19.8. The van der Waals surface area contributed by atoms with Crippen molar-refractivity contribution in [3.05, 3.63) is 81.3 Å². The van der Waals surface area contributed by atoms with Crippen molar-refractivity contribution < 1.29 is 5.11 Å². The van der Waals surface area contributed by atoms with E-state index in [4.69, 9.17) is 22.3 Å². The second-order valence-corrected chi connectivity index (χ2v) is 11.5. The van der Waals surface area contributed by atoms with Gasteiger partial charge in [-0.2, -0.15) is 10.5 Å². The molecule has 6 nitrogen and oxygen atoms in total. The van der Waals surface area contributed by atoms with E-state index in [1.807, 2.05) is 53.9 Å². The van der Waals surface area contributed by atoms with Crippen molar-refractivity contribution in [1.82, 2.24) is 9.97 Å². The average Bonchev–Trinajstić information content (AvgIpc) is 3.57. The number of nitrogen functional groups attached to an aromatic ring is 1. The zero-order valence-electron chi connectivity index (χ0n) is 20.4. The van der Waals surface area contributed by atoms with Crippen molar-refractivity contribution in [2.45, 2.75) is 42.6 Å². The van der Waals surface area contributed by atoms with Crippen LogP contribution >= 0.6 is 34.7 Å². The second kappa shape index (κ2) is 11.6. The number of hydrogen-bond acceptors (Lipinski definition) is 8. The fourth-order valence-corrected chi connectivity index (χ4v) is 6.74. The van der Waals surface area contributed by atoms with Crippen LogP contribution in [0.15, 0.2) is 58.9 Å². The molecular weight excluding hydrogens is 534 g/mol. The Morgan fingerprint density at radius 1 is 1.00 bits per heavy atom. The largest absolute Gasteiger partial charge is 0.393 e. The summed E-state index contributed by atoms with van der Waals surface area (Å²) < 4.78 is 0. The van der Waals surface area contributed by atoms with Gasteiger partial charge >= 0.3 is 0 Å². The maximum absolute atomic E-state index is 10.2. The second-order valence-electron chi connectivity index (χ2n) is 9.25. The van der Waals surface area contributed by atoms with E-state index in [0.717, 1.165) is 53.1 Å². The van der Waals surface area contributed by atoms with Crippen molar-refractivity contribution in [2.24, 2.45) is 5.92 Å². The highest BCUT2D eigenvalue weighted by Gasteiger charge is 2.25. The highest BCUT2D eigenvalue weighted by Crippen LogP contribution is 2.38. The van der Waals surface area contributed by atoms with E-state index in [0.29, 0.717) is 26.9 Å². The van der Waals surface area contributed by atoms with Crippen molar-refractivity contribution in [3.63, 3.8) is 0 Å². The van der Waals surface area contributed by atoms with Crippen LogP contribution in [-0.2, 0) is 12.2 Å². The molecule has 2 aromatic carbocycles. The van der Waals surface area contributed by atoms with E-state index >= 15 is 0 Å². The van der Waals surface area contributed by atoms with Crippen LogP contribution in [0.1, 0.15) is 41.6 Å². The Balaban J connectivity index is 1.40. The summed E-state index contributed by atoms with van der Waals surface area (Å²) in [6.45, 7) is 0. The van der Waals surface area contributed by atoms with Crippen LogP contribution in [-0.4, -0.2) is 21.2 Å². The van der Waals surface area contributed by atoms with Crippen molar-refractivity contribution in [3.8, 4) is 33.8 Å². The summed E-state index contributed by atoms with van der Waals surface area (Å²) in [7, 11) is 0. The van der Waals surface area contributed by atoms with E-state index in [-0.39, 0.29) is 23.4 Å². The summed E-state index contributed by atoms with van der Waals surface area (Å²) in [6.07, 6.45) is 3.51. The molecule has 1 aliphatic carbocycles. The number of aliphatic hydroxyl groups excluding tert-OH is 1. The number of aliphatic hydroxyl groups is 1. The summed E-state index contributed by atoms with van der Waals surface area (Å²) in [5.41, 5.74) is 10.9. The van der Waals surface area contributed by atoms with E-state index in [2.05, 4.69) is 17.1 Å². The zero-order chi connectivity index (χ0) is 26.6. The van der Waals surface area contributed by atoms with Gasteiger partial charge in [0, 0.05) is 27.3 Å². The first-order valence-electron chi connectivity index (χ1n) is 12.2. The number of pyridine rings is 1. The van der Waals surface area contributed by atoms with E-state index in [9.17, 15) is 15.6 Å². The van der Waals surface area contributed by atoms with Crippen LogP contribution in [0.2, 0.25) is 5.02 Å². The standard InChI is InChI=1S/C29H24ClN5OS2/c30-21-10-8-19(9-11-21)28-34-22(15-37-28)16-38-29-24(14-32)26(23(13-31)27(33)35-29)18-6-4-17(5-7-18)12-20-2-1-3-25(20)36/h4-11,15,20,25,36H,1-3,12,16H2,(H2,33,35)/t20-,25+/m1/s1. The molecule has 0 bridgehead atoms. The van der Waals surface area contributed by atoms with Crippen LogP contribution in [0, 0.1) is 28.6 Å². The first-order chi connectivity index (χ1) is 18.5. The molecule has 0 saturated heterocycles. The van der Waals surface area contributed by atoms with Crippen molar-refractivity contribution >= 4 is 40.5 Å². The first-order valence-corrected chi connectivity index (χ1v) is 14.4. The topological polar surface area (TPSA) is 120 Å². The molecular formula is C29H24ClN5OS2. The zero-order valence-corrected chi connectivity index (χ0v) is 22.8. The normalized spacial score (nSPS) is 16.7. The highest BCUT2D eigenvalue weighted by molar-refractivity contribution is 7.98. The maximum atomic E-state index is 10.2. The van der Waals surface area contributed by atoms with Gasteiger partial charge in [0.05, 0.1) is 17.4 Å². The summed E-state index contributed by atoms with van der Waals surface area (Å²) >= 11 is 8.91. The summed E-state index contributed by atoms with van der Waals surface area (Å²) in [5, 5.41) is 34.2. The number of thiazole rings is 1. The number of anilines is 1. The highest BCUT2D eigenvalue weighted by atomic mass is 35.5. The van der Waals surface area contributed by atoms with Gasteiger partial charge in [0.15, 0.2) is 0 Å². The van der Waals surface area contributed by atoms with Gasteiger partial charge in [-0.1, -0.05) is 66.2 Å². The molecule has 3 N–H and O–H groups in total. The molecule has 4 aromatic rings. The van der Waals surface area contributed by atoms with Crippen molar-refractivity contribution in [2.75, 3.05) is 5.73 Å². The number of nitrogens with two attached hydrogens (primary N) is 1. The molecule has 1 fully saturated rings. The lowest BCUT2D eigenvalue weighted by Gasteiger charge is -2.15. The SMILES string of the molecule is N#Cc1c(N)nc(SCc2csc(-c3ccc(Cl)cc3)n2)c(C#N)c1-c1ccc(C[C@H]2CCC[C@@H]2O)cc1. The average molecular weight is 558 g/mol. The first kappa shape index (κ1) is 26.2. The molecule has 1 aliphatic rings. The number of hydrogen-bond donors (Lipinski definition) is 2. The molecule has 0 radical (unpaired) electrons. The van der Waals surface area contributed by atoms with Gasteiger partial charge in [-0.05, 0) is 48.4 Å². The molecule has 0 spiro atoms. The maximum Gasteiger partial charge on any atom is 0.143 e. The Morgan fingerprint density at radius 3 is 2.37 bits per heavy atom. The minimum absolute atomic E-state index is 0.0993. The molecule has 2 aromatic heterocycles. The Bertz CT molecular complexity index is 1540. The van der Waals surface area contributed by atoms with E-state index in [1.54, 1.807) is 0 Å². The van der Waals surface area contributed by atoms with Crippen LogP contribution in [0.25, 0.3) is 21.7 Å². The number of thioether (sulfide) groups is 1. The Kier molecular flexibility index (Phi) is 7.97. The predicted molar refractivity (Wildman–Crippen MR) is 153 cm³/mol. The molecule has 1 saturated carbocycles. The third kappa shape index (κ3) is 5.55. The van der Waals surface area contributed by atoms with Crippen LogP contribution in [0.4, 0.5) is 5.82 Å². The van der Waals surface area contributed by atoms with E-state index < -0.39 is 0 Å². The molecule has 5 rings (SSSR count). The molecule has 9 heteroatoms. The lowest BCUT2D eigenvalue weighted by molar-refractivity contribution is 0.132. The van der Waals surface area contributed by atoms with Gasteiger partial charge in [0.2, 0.25) is 0 Å². The lowest BCUT2D eigenvalue weighted by Crippen LogP contribution is -2.15. The lowest BCUT2D eigenvalue weighted by atomic mass is 9.92. The van der Waals surface area contributed by atoms with Gasteiger partial charge in [-0.15, -0.1) is 11.3 Å². The van der Waals surface area contributed by atoms with Gasteiger partial charge in [-0.3, -0.25) is 0 Å². The molecule has 38 heavy (non-hydrogen) atoms. The van der Waals surface area contributed by atoms with Gasteiger partial charge in [-0.25, -0.2) is 9.97 Å². The minimum atomic E-state index is -0.246. The van der Waals surface area contributed by atoms with Crippen molar-refractivity contribution in [1.29, 1.82) is 10.5 Å². The number of nitrogens with zero attached hydrogens (tertiary/aromatic N) is 4. The number of benzene rings is 2. The quantitative estimate of drug-likeness (QED) is 0.238.